The number of hydrogen-bond acceptors (Lipinski definition) is 5. The monoisotopic (exact) mass is 319 g/mol. The van der Waals surface area contributed by atoms with E-state index >= 15 is 0 Å². The van der Waals surface area contributed by atoms with Gasteiger partial charge in [-0.15, -0.1) is 0 Å². The number of nitrogens with zero attached hydrogens (tertiary/aromatic N) is 3. The molecular weight excluding hydrogens is 298 g/mol. The topological polar surface area (TPSA) is 75.4 Å². The molecule has 6 nitrogen and oxygen atoms in total. The van der Waals surface area contributed by atoms with E-state index in [9.17, 15) is 8.42 Å². The third-order valence-electron chi connectivity index (χ3n) is 3.43. The molecule has 0 amide bonds. The minimum Gasteiger partial charge on any atom is -0.394 e. The van der Waals surface area contributed by atoms with Crippen molar-refractivity contribution in [2.45, 2.75) is 37.5 Å². The number of rotatable bonds is 4. The Hall–Kier alpha value is -0.570. The van der Waals surface area contributed by atoms with Gasteiger partial charge >= 0.3 is 0 Å². The van der Waals surface area contributed by atoms with Crippen molar-refractivity contribution in [3.63, 3.8) is 0 Å². The van der Waals surface area contributed by atoms with Gasteiger partial charge in [0.25, 0.3) is 0 Å². The Morgan fingerprint density at radius 3 is 2.75 bits per heavy atom. The molecule has 1 saturated heterocycles. The molecule has 0 saturated carbocycles. The van der Waals surface area contributed by atoms with Crippen LogP contribution in [0.3, 0.4) is 0 Å². The lowest BCUT2D eigenvalue weighted by Crippen LogP contribution is -2.41. The molecule has 1 unspecified atom stereocenters. The quantitative estimate of drug-likeness (QED) is 0.880. The van der Waals surface area contributed by atoms with Gasteiger partial charge in [0.15, 0.2) is 0 Å². The van der Waals surface area contributed by atoms with Gasteiger partial charge in [0.2, 0.25) is 10.0 Å². The Bertz CT molecular complexity index is 583. The summed E-state index contributed by atoms with van der Waals surface area (Å²) < 4.78 is 28.7. The summed E-state index contributed by atoms with van der Waals surface area (Å²) in [6.45, 7) is 6.83. The Morgan fingerprint density at radius 1 is 1.45 bits per heavy atom. The highest BCUT2D eigenvalue weighted by molar-refractivity contribution is 8.00. The molecule has 1 atom stereocenters. The van der Waals surface area contributed by atoms with E-state index in [4.69, 9.17) is 5.11 Å². The van der Waals surface area contributed by atoms with Crippen LogP contribution in [0.4, 0.5) is 0 Å². The van der Waals surface area contributed by atoms with Gasteiger partial charge in [-0.3, -0.25) is 4.68 Å². The SMILES string of the molecule is Cc1nn(CCO)c(C)c1S(=O)(=O)N1CCSC(C)C1. The number of aliphatic hydroxyl groups is 1. The average Bonchev–Trinajstić information content (AvgIpc) is 2.65. The first-order chi connectivity index (χ1) is 9.37. The smallest absolute Gasteiger partial charge is 0.246 e. The summed E-state index contributed by atoms with van der Waals surface area (Å²) in [6, 6.07) is 0. The lowest BCUT2D eigenvalue weighted by Gasteiger charge is -2.29. The summed E-state index contributed by atoms with van der Waals surface area (Å²) >= 11 is 1.79. The first-order valence-corrected chi connectivity index (χ1v) is 9.13. The Labute approximate surface area is 124 Å². The minimum atomic E-state index is -3.50. The Kier molecular flexibility index (Phi) is 4.78. The molecule has 1 aliphatic heterocycles. The molecule has 1 fully saturated rings. The van der Waals surface area contributed by atoms with Crippen LogP contribution in [0.25, 0.3) is 0 Å². The summed E-state index contributed by atoms with van der Waals surface area (Å²) in [4.78, 5) is 0.296. The standard InChI is InChI=1S/C12H21N3O3S2/c1-9-8-14(5-7-19-9)20(17,18)12-10(2)13-15(4-6-16)11(12)3/h9,16H,4-8H2,1-3H3. The van der Waals surface area contributed by atoms with Crippen molar-refractivity contribution in [1.82, 2.24) is 14.1 Å². The van der Waals surface area contributed by atoms with E-state index in [2.05, 4.69) is 5.10 Å². The predicted octanol–water partition coefficient (Wildman–Crippen LogP) is 0.618. The fraction of sp³-hybridized carbons (Fsp3) is 0.750. The van der Waals surface area contributed by atoms with E-state index in [1.54, 1.807) is 34.6 Å². The zero-order valence-corrected chi connectivity index (χ0v) is 13.7. The van der Waals surface area contributed by atoms with Crippen molar-refractivity contribution >= 4 is 21.8 Å². The molecule has 1 aromatic rings. The zero-order chi connectivity index (χ0) is 14.9. The van der Waals surface area contributed by atoms with Crippen LogP contribution in [0.2, 0.25) is 0 Å². The average molecular weight is 319 g/mol. The molecule has 2 rings (SSSR count). The van der Waals surface area contributed by atoms with Gasteiger partial charge in [-0.25, -0.2) is 8.42 Å². The third-order valence-corrected chi connectivity index (χ3v) is 6.68. The highest BCUT2D eigenvalue weighted by Crippen LogP contribution is 2.27. The molecule has 0 spiro atoms. The molecular formula is C12H21N3O3S2. The first-order valence-electron chi connectivity index (χ1n) is 6.64. The van der Waals surface area contributed by atoms with Crippen LogP contribution in [0.5, 0.6) is 0 Å². The summed E-state index contributed by atoms with van der Waals surface area (Å²) in [5, 5.41) is 13.5. The van der Waals surface area contributed by atoms with Gasteiger partial charge in [0.1, 0.15) is 4.90 Å². The van der Waals surface area contributed by atoms with Crippen LogP contribution in [-0.2, 0) is 16.6 Å². The highest BCUT2D eigenvalue weighted by atomic mass is 32.2. The second-order valence-electron chi connectivity index (χ2n) is 4.99. The number of aliphatic hydroxyl groups excluding tert-OH is 1. The van der Waals surface area contributed by atoms with Gasteiger partial charge in [-0.2, -0.15) is 21.2 Å². The fourth-order valence-corrected chi connectivity index (χ4v) is 5.63. The lowest BCUT2D eigenvalue weighted by molar-refractivity contribution is 0.267. The maximum absolute atomic E-state index is 12.8. The normalized spacial score (nSPS) is 21.3. The van der Waals surface area contributed by atoms with E-state index in [1.807, 2.05) is 6.92 Å². The number of hydrogen-bond donors (Lipinski definition) is 1. The van der Waals surface area contributed by atoms with Crippen LogP contribution in [0.1, 0.15) is 18.3 Å². The summed E-state index contributed by atoms with van der Waals surface area (Å²) in [6.07, 6.45) is 0. The van der Waals surface area contributed by atoms with Crippen molar-refractivity contribution in [2.24, 2.45) is 0 Å². The molecule has 0 bridgehead atoms. The van der Waals surface area contributed by atoms with E-state index < -0.39 is 10.0 Å². The zero-order valence-electron chi connectivity index (χ0n) is 12.0. The maximum atomic E-state index is 12.8. The number of aromatic nitrogens is 2. The summed E-state index contributed by atoms with van der Waals surface area (Å²) in [5.41, 5.74) is 1.10. The number of aryl methyl sites for hydroxylation is 1. The van der Waals surface area contributed by atoms with Gasteiger partial charge in [0.05, 0.1) is 24.5 Å². The van der Waals surface area contributed by atoms with Gasteiger partial charge in [-0.05, 0) is 13.8 Å². The van der Waals surface area contributed by atoms with E-state index in [1.165, 1.54) is 0 Å². The molecule has 2 heterocycles. The molecule has 0 aromatic carbocycles. The van der Waals surface area contributed by atoms with Crippen LogP contribution in [-0.4, -0.2) is 58.3 Å². The van der Waals surface area contributed by atoms with Crippen LogP contribution in [0.15, 0.2) is 4.90 Å². The van der Waals surface area contributed by atoms with Gasteiger partial charge in [-0.1, -0.05) is 6.92 Å². The van der Waals surface area contributed by atoms with E-state index in [0.717, 1.165) is 5.75 Å². The predicted molar refractivity (Wildman–Crippen MR) is 79.5 cm³/mol. The summed E-state index contributed by atoms with van der Waals surface area (Å²) in [7, 11) is -3.50. The van der Waals surface area contributed by atoms with Crippen LogP contribution >= 0.6 is 11.8 Å². The fourth-order valence-electron chi connectivity index (χ4n) is 2.50. The van der Waals surface area contributed by atoms with Crippen molar-refractivity contribution in [1.29, 1.82) is 0 Å². The molecule has 1 aromatic heterocycles. The molecule has 8 heteroatoms. The van der Waals surface area contributed by atoms with Crippen LogP contribution in [0, 0.1) is 13.8 Å². The van der Waals surface area contributed by atoms with Crippen LogP contribution < -0.4 is 0 Å². The second-order valence-corrected chi connectivity index (χ2v) is 8.41. The van der Waals surface area contributed by atoms with Crippen molar-refractivity contribution < 1.29 is 13.5 Å². The largest absolute Gasteiger partial charge is 0.394 e. The highest BCUT2D eigenvalue weighted by Gasteiger charge is 2.33. The van der Waals surface area contributed by atoms with E-state index in [0.29, 0.717) is 41.2 Å². The number of sulfonamides is 1. The van der Waals surface area contributed by atoms with Crippen molar-refractivity contribution in [3.05, 3.63) is 11.4 Å². The van der Waals surface area contributed by atoms with Gasteiger partial charge < -0.3 is 5.11 Å². The number of thioether (sulfide) groups is 1. The molecule has 0 aliphatic carbocycles. The molecule has 1 N–H and O–H groups in total. The summed E-state index contributed by atoms with van der Waals surface area (Å²) in [5.74, 6) is 0.823. The first kappa shape index (κ1) is 15.8. The molecule has 20 heavy (non-hydrogen) atoms. The maximum Gasteiger partial charge on any atom is 0.246 e. The van der Waals surface area contributed by atoms with Gasteiger partial charge in [0, 0.05) is 24.1 Å². The Balaban J connectivity index is 2.39. The molecule has 0 radical (unpaired) electrons. The van der Waals surface area contributed by atoms with Crippen molar-refractivity contribution in [2.75, 3.05) is 25.4 Å². The lowest BCUT2D eigenvalue weighted by atomic mass is 10.4. The second kappa shape index (κ2) is 6.05. The van der Waals surface area contributed by atoms with Crippen molar-refractivity contribution in [3.8, 4) is 0 Å². The Morgan fingerprint density at radius 2 is 2.15 bits per heavy atom. The minimum absolute atomic E-state index is 0.0567. The molecule has 114 valence electrons. The van der Waals surface area contributed by atoms with E-state index in [-0.39, 0.29) is 6.61 Å². The third kappa shape index (κ3) is 2.88. The molecule has 1 aliphatic rings.